The number of rotatable bonds is 7. The lowest BCUT2D eigenvalue weighted by Gasteiger charge is -2.37. The largest absolute Gasteiger partial charge is 0.368 e. The zero-order chi connectivity index (χ0) is 23.3. The molecule has 1 heterocycles. The molecule has 1 fully saturated rings. The molecule has 1 saturated heterocycles. The third-order valence-electron chi connectivity index (χ3n) is 5.72. The highest BCUT2D eigenvalue weighted by atomic mass is 35.5. The number of benzene rings is 3. The number of hydrogen-bond donors (Lipinski definition) is 0. The van der Waals surface area contributed by atoms with Gasteiger partial charge >= 0.3 is 0 Å². The fraction of sp³-hybridized carbons (Fsp3) is 0.240. The Morgan fingerprint density at radius 3 is 2.00 bits per heavy atom. The fourth-order valence-corrected chi connectivity index (χ4v) is 5.39. The third-order valence-corrected chi connectivity index (χ3v) is 7.78. The van der Waals surface area contributed by atoms with Crippen LogP contribution in [0.4, 0.5) is 5.69 Å². The molecule has 3 aromatic rings. The number of carbonyl (C=O) groups excluding carboxylic acids is 1. The zero-order valence-corrected chi connectivity index (χ0v) is 19.8. The quantitative estimate of drug-likeness (QED) is 0.511. The Hall–Kier alpha value is -2.87. The van der Waals surface area contributed by atoms with Crippen molar-refractivity contribution in [2.24, 2.45) is 0 Å². The molecule has 1 aliphatic heterocycles. The highest BCUT2D eigenvalue weighted by Crippen LogP contribution is 2.21. The summed E-state index contributed by atoms with van der Waals surface area (Å²) in [7, 11) is -3.85. The van der Waals surface area contributed by atoms with Crippen molar-refractivity contribution in [3.8, 4) is 0 Å². The Morgan fingerprint density at radius 2 is 1.39 bits per heavy atom. The van der Waals surface area contributed by atoms with Gasteiger partial charge in [-0.2, -0.15) is 4.31 Å². The van der Waals surface area contributed by atoms with E-state index in [1.54, 1.807) is 59.5 Å². The van der Waals surface area contributed by atoms with Crippen molar-refractivity contribution in [3.05, 3.63) is 95.5 Å². The first kappa shape index (κ1) is 23.3. The molecule has 0 radical (unpaired) electrons. The van der Waals surface area contributed by atoms with E-state index >= 15 is 0 Å². The van der Waals surface area contributed by atoms with E-state index in [-0.39, 0.29) is 23.9 Å². The van der Waals surface area contributed by atoms with Crippen molar-refractivity contribution < 1.29 is 13.2 Å². The summed E-state index contributed by atoms with van der Waals surface area (Å²) < 4.78 is 28.0. The van der Waals surface area contributed by atoms with Crippen molar-refractivity contribution >= 4 is 33.2 Å². The minimum atomic E-state index is -3.85. The maximum absolute atomic E-state index is 13.4. The second-order valence-corrected chi connectivity index (χ2v) is 10.3. The predicted molar refractivity (Wildman–Crippen MR) is 131 cm³/mol. The first-order valence-corrected chi connectivity index (χ1v) is 12.6. The number of halogens is 1. The number of amides is 1. The second-order valence-electron chi connectivity index (χ2n) is 7.92. The summed E-state index contributed by atoms with van der Waals surface area (Å²) in [6, 6.07) is 25.3. The SMILES string of the molecule is O=C(CN(Cc1ccc(Cl)cc1)S(=O)(=O)c1ccccc1)N1CCN(c2ccccc2)CC1. The van der Waals surface area contributed by atoms with Crippen LogP contribution in [0.15, 0.2) is 89.8 Å². The maximum atomic E-state index is 13.4. The van der Waals surface area contributed by atoms with Crippen LogP contribution in [0, 0.1) is 0 Å². The van der Waals surface area contributed by atoms with Gasteiger partial charge in [0.05, 0.1) is 11.4 Å². The van der Waals surface area contributed by atoms with E-state index in [0.29, 0.717) is 31.2 Å². The summed E-state index contributed by atoms with van der Waals surface area (Å²) in [5.74, 6) is -0.198. The summed E-state index contributed by atoms with van der Waals surface area (Å²) in [4.78, 5) is 17.3. The molecule has 0 bridgehead atoms. The molecule has 172 valence electrons. The number of hydrogen-bond acceptors (Lipinski definition) is 4. The van der Waals surface area contributed by atoms with Crippen LogP contribution in [0.1, 0.15) is 5.56 Å². The van der Waals surface area contributed by atoms with Gasteiger partial charge in [0.1, 0.15) is 0 Å². The molecule has 0 aromatic heterocycles. The van der Waals surface area contributed by atoms with Gasteiger partial charge < -0.3 is 9.80 Å². The van der Waals surface area contributed by atoms with Gasteiger partial charge in [0.2, 0.25) is 15.9 Å². The lowest BCUT2D eigenvalue weighted by atomic mass is 10.2. The molecule has 6 nitrogen and oxygen atoms in total. The Kier molecular flexibility index (Phi) is 7.33. The van der Waals surface area contributed by atoms with Gasteiger partial charge in [0.25, 0.3) is 0 Å². The molecular weight excluding hydrogens is 458 g/mol. The van der Waals surface area contributed by atoms with Gasteiger partial charge in [-0.15, -0.1) is 0 Å². The highest BCUT2D eigenvalue weighted by molar-refractivity contribution is 7.89. The zero-order valence-electron chi connectivity index (χ0n) is 18.2. The summed E-state index contributed by atoms with van der Waals surface area (Å²) >= 11 is 5.98. The number of carbonyl (C=O) groups is 1. The summed E-state index contributed by atoms with van der Waals surface area (Å²) in [5, 5.41) is 0.573. The van der Waals surface area contributed by atoms with E-state index in [1.807, 2.05) is 18.2 Å². The van der Waals surface area contributed by atoms with E-state index < -0.39 is 10.0 Å². The fourth-order valence-electron chi connectivity index (χ4n) is 3.86. The van der Waals surface area contributed by atoms with E-state index in [1.165, 1.54) is 4.31 Å². The molecule has 0 saturated carbocycles. The molecule has 0 spiro atoms. The first-order valence-electron chi connectivity index (χ1n) is 10.8. The molecule has 1 aliphatic rings. The minimum Gasteiger partial charge on any atom is -0.368 e. The maximum Gasteiger partial charge on any atom is 0.243 e. The number of para-hydroxylation sites is 1. The van der Waals surface area contributed by atoms with Crippen LogP contribution in [-0.2, 0) is 21.4 Å². The number of sulfonamides is 1. The van der Waals surface area contributed by atoms with E-state index in [9.17, 15) is 13.2 Å². The monoisotopic (exact) mass is 483 g/mol. The van der Waals surface area contributed by atoms with Crippen molar-refractivity contribution in [2.45, 2.75) is 11.4 Å². The molecule has 33 heavy (non-hydrogen) atoms. The molecule has 0 atom stereocenters. The lowest BCUT2D eigenvalue weighted by Crippen LogP contribution is -2.51. The number of piperazine rings is 1. The Balaban J connectivity index is 1.49. The molecule has 1 amide bonds. The van der Waals surface area contributed by atoms with Crippen molar-refractivity contribution in [2.75, 3.05) is 37.6 Å². The van der Waals surface area contributed by atoms with Gasteiger partial charge in [-0.05, 0) is 42.0 Å². The van der Waals surface area contributed by atoms with E-state index in [4.69, 9.17) is 11.6 Å². The average Bonchev–Trinajstić information content (AvgIpc) is 2.86. The molecule has 0 N–H and O–H groups in total. The first-order chi connectivity index (χ1) is 15.9. The molecule has 0 aliphatic carbocycles. The van der Waals surface area contributed by atoms with Crippen molar-refractivity contribution in [1.82, 2.24) is 9.21 Å². The van der Waals surface area contributed by atoms with Crippen LogP contribution >= 0.6 is 11.6 Å². The van der Waals surface area contributed by atoms with Crippen LogP contribution in [0.5, 0.6) is 0 Å². The molecule has 8 heteroatoms. The Labute approximate surface area is 200 Å². The van der Waals surface area contributed by atoms with Gasteiger partial charge in [-0.1, -0.05) is 60.1 Å². The number of nitrogens with zero attached hydrogens (tertiary/aromatic N) is 3. The van der Waals surface area contributed by atoms with Gasteiger partial charge in [-0.3, -0.25) is 4.79 Å². The summed E-state index contributed by atoms with van der Waals surface area (Å²) in [6.07, 6.45) is 0. The average molecular weight is 484 g/mol. The lowest BCUT2D eigenvalue weighted by molar-refractivity contribution is -0.131. The Bertz CT molecular complexity index is 1160. The Morgan fingerprint density at radius 1 is 0.818 bits per heavy atom. The van der Waals surface area contributed by atoms with Crippen LogP contribution in [0.2, 0.25) is 5.02 Å². The van der Waals surface area contributed by atoms with Gasteiger partial charge in [-0.25, -0.2) is 8.42 Å². The van der Waals surface area contributed by atoms with Crippen LogP contribution in [0.25, 0.3) is 0 Å². The van der Waals surface area contributed by atoms with Crippen LogP contribution in [0.3, 0.4) is 0 Å². The van der Waals surface area contributed by atoms with Gasteiger partial charge in [0, 0.05) is 43.4 Å². The molecule has 0 unspecified atom stereocenters. The second kappa shape index (κ2) is 10.4. The smallest absolute Gasteiger partial charge is 0.243 e. The molecule has 3 aromatic carbocycles. The molecule has 4 rings (SSSR count). The van der Waals surface area contributed by atoms with Crippen molar-refractivity contribution in [1.29, 1.82) is 0 Å². The normalized spacial score (nSPS) is 14.5. The standard InChI is InChI=1S/C25H26ClN3O3S/c26-22-13-11-21(12-14-22)19-29(33(31,32)24-9-5-2-6-10-24)20-25(30)28-17-15-27(16-18-28)23-7-3-1-4-8-23/h1-14H,15-20H2. The van der Waals surface area contributed by atoms with Crippen molar-refractivity contribution in [3.63, 3.8) is 0 Å². The van der Waals surface area contributed by atoms with Gasteiger partial charge in [0.15, 0.2) is 0 Å². The minimum absolute atomic E-state index is 0.0874. The number of anilines is 1. The van der Waals surface area contributed by atoms with Crippen LogP contribution in [-0.4, -0.2) is 56.3 Å². The van der Waals surface area contributed by atoms with E-state index in [0.717, 1.165) is 11.3 Å². The van der Waals surface area contributed by atoms with E-state index in [2.05, 4.69) is 17.0 Å². The predicted octanol–water partition coefficient (Wildman–Crippen LogP) is 3.88. The highest BCUT2D eigenvalue weighted by Gasteiger charge is 2.30. The molecular formula is C25H26ClN3O3S. The third kappa shape index (κ3) is 5.74. The summed E-state index contributed by atoms with van der Waals surface area (Å²) in [5.41, 5.74) is 1.89. The summed E-state index contributed by atoms with van der Waals surface area (Å²) in [6.45, 7) is 2.38. The van der Waals surface area contributed by atoms with Crippen LogP contribution < -0.4 is 4.90 Å². The topological polar surface area (TPSA) is 60.9 Å².